The molecule has 0 radical (unpaired) electrons. The first-order valence-corrected chi connectivity index (χ1v) is 13.4. The molecule has 8 nitrogen and oxygen atoms in total. The number of rotatable bonds is 8. The van der Waals surface area contributed by atoms with Crippen LogP contribution in [0.1, 0.15) is 30.7 Å². The minimum atomic E-state index is -0.661. The molecule has 0 fully saturated rings. The Morgan fingerprint density at radius 3 is 2.50 bits per heavy atom. The lowest BCUT2D eigenvalue weighted by atomic mass is 9.76. The molecule has 1 aliphatic heterocycles. The summed E-state index contributed by atoms with van der Waals surface area (Å²) in [5.41, 5.74) is 2.66. The van der Waals surface area contributed by atoms with Crippen molar-refractivity contribution >= 4 is 52.3 Å². The molecule has 11 heteroatoms. The molecule has 0 bridgehead atoms. The number of Topliss-reactive ketones (excluding diaryl/α,β-unsaturated/α-hetero) is 1. The number of anilines is 1. The molecule has 0 aromatic heterocycles. The molecule has 2 N–H and O–H groups in total. The fourth-order valence-corrected chi connectivity index (χ4v) is 5.77. The van der Waals surface area contributed by atoms with Crippen molar-refractivity contribution in [2.75, 3.05) is 32.4 Å². The normalized spacial score (nSPS) is 16.8. The number of thioether (sulfide) groups is 1. The summed E-state index contributed by atoms with van der Waals surface area (Å²) in [5.74, 6) is 0.216. The first-order valence-electron chi connectivity index (χ1n) is 11.7. The average molecular weight is 574 g/mol. The van der Waals surface area contributed by atoms with Gasteiger partial charge >= 0.3 is 0 Å². The molecule has 0 saturated carbocycles. The third-order valence-electron chi connectivity index (χ3n) is 6.26. The number of dihydropyridines is 1. The molecule has 1 atom stereocenters. The minimum Gasteiger partial charge on any atom is -0.493 e. The van der Waals surface area contributed by atoms with Gasteiger partial charge in [0.1, 0.15) is 0 Å². The molecule has 4 rings (SSSR count). The van der Waals surface area contributed by atoms with Crippen LogP contribution >= 0.6 is 35.0 Å². The fraction of sp³-hybridized carbons (Fsp3) is 0.296. The van der Waals surface area contributed by atoms with Crippen LogP contribution in [-0.4, -0.2) is 38.8 Å². The lowest BCUT2D eigenvalue weighted by Crippen LogP contribution is -2.31. The molecule has 1 unspecified atom stereocenters. The predicted molar refractivity (Wildman–Crippen MR) is 148 cm³/mol. The molecular formula is C27H25Cl2N3O5S. The third kappa shape index (κ3) is 5.44. The van der Waals surface area contributed by atoms with Gasteiger partial charge in [-0.15, -0.1) is 0 Å². The lowest BCUT2D eigenvalue weighted by molar-refractivity contribution is -0.116. The van der Waals surface area contributed by atoms with Crippen molar-refractivity contribution in [1.82, 2.24) is 5.32 Å². The summed E-state index contributed by atoms with van der Waals surface area (Å²) >= 11 is 13.4. The highest BCUT2D eigenvalue weighted by atomic mass is 35.5. The number of ketones is 1. The van der Waals surface area contributed by atoms with Gasteiger partial charge in [0.25, 0.3) is 0 Å². The third-order valence-corrected chi connectivity index (χ3v) is 8.09. The number of benzene rings is 2. The van der Waals surface area contributed by atoms with Crippen molar-refractivity contribution in [3.63, 3.8) is 0 Å². The largest absolute Gasteiger partial charge is 0.493 e. The van der Waals surface area contributed by atoms with Crippen LogP contribution in [0.5, 0.6) is 17.2 Å². The highest BCUT2D eigenvalue weighted by Crippen LogP contribution is 2.48. The highest BCUT2D eigenvalue weighted by Gasteiger charge is 2.38. The Bertz CT molecular complexity index is 1370. The molecule has 2 aromatic rings. The predicted octanol–water partition coefficient (Wildman–Crippen LogP) is 5.82. The fourth-order valence-electron chi connectivity index (χ4n) is 4.56. The maximum absolute atomic E-state index is 13.1. The Balaban J connectivity index is 1.71. The van der Waals surface area contributed by atoms with Crippen molar-refractivity contribution in [2.24, 2.45) is 0 Å². The summed E-state index contributed by atoms with van der Waals surface area (Å²) in [4.78, 5) is 25.9. The maximum atomic E-state index is 13.1. The standard InChI is InChI=1S/C27H25Cl2N3O5S/c1-35-20-10-14(11-21(36-2)26(20)37-3)23-15(12-30)27(32-17-7-5-9-19(33)24(17)23)38-13-22(34)31-18-8-4-6-16(28)25(18)29/h4,6,8,10-11,23,32H,5,7,9,13H2,1-3H3,(H,31,34). The highest BCUT2D eigenvalue weighted by molar-refractivity contribution is 8.03. The van der Waals surface area contributed by atoms with Gasteiger partial charge in [0, 0.05) is 17.7 Å². The summed E-state index contributed by atoms with van der Waals surface area (Å²) in [6.45, 7) is 0. The van der Waals surface area contributed by atoms with E-state index in [1.807, 2.05) is 0 Å². The first-order chi connectivity index (χ1) is 18.3. The Morgan fingerprint density at radius 2 is 1.87 bits per heavy atom. The van der Waals surface area contributed by atoms with Crippen LogP contribution in [0.4, 0.5) is 5.69 Å². The zero-order valence-corrected chi connectivity index (χ0v) is 23.3. The number of carbonyl (C=O) groups is 2. The van der Waals surface area contributed by atoms with Gasteiger partial charge < -0.3 is 24.8 Å². The molecule has 2 aromatic carbocycles. The Kier molecular flexibility index (Phi) is 8.77. The van der Waals surface area contributed by atoms with Gasteiger partial charge in [-0.1, -0.05) is 41.0 Å². The summed E-state index contributed by atoms with van der Waals surface area (Å²) < 4.78 is 16.5. The molecule has 1 heterocycles. The number of nitriles is 1. The molecular weight excluding hydrogens is 549 g/mol. The maximum Gasteiger partial charge on any atom is 0.234 e. The monoisotopic (exact) mass is 573 g/mol. The van der Waals surface area contributed by atoms with E-state index in [2.05, 4.69) is 16.7 Å². The Hall–Kier alpha value is -3.32. The van der Waals surface area contributed by atoms with Crippen LogP contribution in [0.15, 0.2) is 52.2 Å². The van der Waals surface area contributed by atoms with Gasteiger partial charge in [0.05, 0.1) is 65.4 Å². The van der Waals surface area contributed by atoms with Crippen LogP contribution in [0.3, 0.4) is 0 Å². The lowest BCUT2D eigenvalue weighted by Gasteiger charge is -2.33. The molecule has 0 spiro atoms. The molecule has 38 heavy (non-hydrogen) atoms. The minimum absolute atomic E-state index is 0.00507. The number of carbonyl (C=O) groups excluding carboxylic acids is 2. The van der Waals surface area contributed by atoms with E-state index in [9.17, 15) is 14.9 Å². The first kappa shape index (κ1) is 27.7. The summed E-state index contributed by atoms with van der Waals surface area (Å²) in [6.07, 6.45) is 1.74. The summed E-state index contributed by atoms with van der Waals surface area (Å²) in [5, 5.41) is 17.4. The van der Waals surface area contributed by atoms with Crippen LogP contribution < -0.4 is 24.8 Å². The summed E-state index contributed by atoms with van der Waals surface area (Å²) in [6, 6.07) is 10.7. The Morgan fingerprint density at radius 1 is 1.16 bits per heavy atom. The van der Waals surface area contributed by atoms with E-state index in [0.29, 0.717) is 69.0 Å². The Labute approximate surface area is 234 Å². The van der Waals surface area contributed by atoms with E-state index in [1.165, 1.54) is 33.1 Å². The van der Waals surface area contributed by atoms with Gasteiger partial charge in [0.2, 0.25) is 11.7 Å². The van der Waals surface area contributed by atoms with E-state index in [4.69, 9.17) is 37.4 Å². The SMILES string of the molecule is COc1cc(C2C(C#N)=C(SCC(=O)Nc3cccc(Cl)c3Cl)NC3=C2C(=O)CCC3)cc(OC)c1OC. The number of amides is 1. The van der Waals surface area contributed by atoms with E-state index in [-0.39, 0.29) is 22.5 Å². The van der Waals surface area contributed by atoms with Crippen molar-refractivity contribution in [1.29, 1.82) is 5.26 Å². The van der Waals surface area contributed by atoms with Gasteiger partial charge in [-0.3, -0.25) is 9.59 Å². The van der Waals surface area contributed by atoms with Crippen molar-refractivity contribution in [3.05, 3.63) is 67.8 Å². The number of nitrogens with zero attached hydrogens (tertiary/aromatic N) is 1. The number of hydrogen-bond donors (Lipinski definition) is 2. The van der Waals surface area contributed by atoms with Gasteiger partial charge in [-0.25, -0.2) is 0 Å². The smallest absolute Gasteiger partial charge is 0.234 e. The topological polar surface area (TPSA) is 110 Å². The number of ether oxygens (including phenoxy) is 3. The van der Waals surface area contributed by atoms with Gasteiger partial charge in [0.15, 0.2) is 17.3 Å². The van der Waals surface area contributed by atoms with Gasteiger partial charge in [-0.2, -0.15) is 5.26 Å². The van der Waals surface area contributed by atoms with Crippen LogP contribution in [0.25, 0.3) is 0 Å². The molecule has 2 aliphatic rings. The summed E-state index contributed by atoms with van der Waals surface area (Å²) in [7, 11) is 4.52. The van der Waals surface area contributed by atoms with Crippen LogP contribution in [-0.2, 0) is 9.59 Å². The second-order valence-corrected chi connectivity index (χ2v) is 10.2. The quantitative estimate of drug-likeness (QED) is 0.406. The number of allylic oxidation sites excluding steroid dienone is 3. The molecule has 0 saturated heterocycles. The second-order valence-electron chi connectivity index (χ2n) is 8.48. The van der Waals surface area contributed by atoms with Crippen molar-refractivity contribution in [2.45, 2.75) is 25.2 Å². The molecule has 198 valence electrons. The zero-order chi connectivity index (χ0) is 27.4. The van der Waals surface area contributed by atoms with Crippen LogP contribution in [0.2, 0.25) is 10.0 Å². The average Bonchev–Trinajstić information content (AvgIpc) is 2.92. The van der Waals surface area contributed by atoms with Crippen molar-refractivity contribution in [3.8, 4) is 23.3 Å². The number of methoxy groups -OCH3 is 3. The van der Waals surface area contributed by atoms with Crippen molar-refractivity contribution < 1.29 is 23.8 Å². The van der Waals surface area contributed by atoms with E-state index < -0.39 is 5.92 Å². The number of hydrogen-bond acceptors (Lipinski definition) is 8. The molecule has 1 amide bonds. The number of nitrogens with one attached hydrogen (secondary N) is 2. The van der Waals surface area contributed by atoms with E-state index in [0.717, 1.165) is 5.70 Å². The van der Waals surface area contributed by atoms with Gasteiger partial charge in [-0.05, 0) is 42.7 Å². The zero-order valence-electron chi connectivity index (χ0n) is 20.9. The van der Waals surface area contributed by atoms with Crippen LogP contribution in [0, 0.1) is 11.3 Å². The second kappa shape index (κ2) is 12.0. The van der Waals surface area contributed by atoms with E-state index in [1.54, 1.807) is 30.3 Å². The molecule has 1 aliphatic carbocycles. The van der Waals surface area contributed by atoms with E-state index >= 15 is 0 Å². The number of halogens is 2.